The molecule has 0 saturated heterocycles. The van der Waals surface area contributed by atoms with Gasteiger partial charge in [-0.1, -0.05) is 33.1 Å². The molecule has 0 aliphatic carbocycles. The van der Waals surface area contributed by atoms with Crippen LogP contribution in [0.3, 0.4) is 0 Å². The SMILES string of the molecule is CCCCC(C)CC(=O)O.CCOC(C)=O. The molecule has 16 heavy (non-hydrogen) atoms. The third kappa shape index (κ3) is 18.7. The summed E-state index contributed by atoms with van der Waals surface area (Å²) in [6, 6.07) is 0. The van der Waals surface area contributed by atoms with Gasteiger partial charge in [-0.2, -0.15) is 0 Å². The molecule has 4 heteroatoms. The van der Waals surface area contributed by atoms with E-state index in [4.69, 9.17) is 5.11 Å². The van der Waals surface area contributed by atoms with Crippen LogP contribution < -0.4 is 0 Å². The topological polar surface area (TPSA) is 63.6 Å². The molecule has 0 aromatic rings. The number of hydrogen-bond acceptors (Lipinski definition) is 3. The van der Waals surface area contributed by atoms with Gasteiger partial charge in [0.05, 0.1) is 6.61 Å². The molecular weight excluding hydrogens is 208 g/mol. The maximum absolute atomic E-state index is 10.2. The van der Waals surface area contributed by atoms with Crippen molar-refractivity contribution >= 4 is 11.9 Å². The lowest BCUT2D eigenvalue weighted by atomic mass is 10.0. The van der Waals surface area contributed by atoms with Gasteiger partial charge in [-0.15, -0.1) is 0 Å². The molecule has 96 valence electrons. The van der Waals surface area contributed by atoms with E-state index in [0.717, 1.165) is 19.3 Å². The van der Waals surface area contributed by atoms with Crippen molar-refractivity contribution in [2.75, 3.05) is 6.61 Å². The monoisotopic (exact) mass is 232 g/mol. The molecule has 1 N–H and O–H groups in total. The van der Waals surface area contributed by atoms with E-state index in [9.17, 15) is 9.59 Å². The third-order valence-corrected chi connectivity index (χ3v) is 1.92. The van der Waals surface area contributed by atoms with Gasteiger partial charge in [0, 0.05) is 13.3 Å². The van der Waals surface area contributed by atoms with E-state index in [1.807, 2.05) is 6.92 Å². The van der Waals surface area contributed by atoms with Gasteiger partial charge in [0.25, 0.3) is 0 Å². The Morgan fingerprint density at radius 1 is 1.31 bits per heavy atom. The molecule has 1 unspecified atom stereocenters. The first-order chi connectivity index (χ1) is 7.43. The van der Waals surface area contributed by atoms with Crippen molar-refractivity contribution in [3.63, 3.8) is 0 Å². The largest absolute Gasteiger partial charge is 0.481 e. The zero-order chi connectivity index (χ0) is 13.0. The summed E-state index contributed by atoms with van der Waals surface area (Å²) in [5.74, 6) is -0.543. The van der Waals surface area contributed by atoms with E-state index < -0.39 is 5.97 Å². The highest BCUT2D eigenvalue weighted by Gasteiger charge is 2.05. The summed E-state index contributed by atoms with van der Waals surface area (Å²) in [5.41, 5.74) is 0. The van der Waals surface area contributed by atoms with Crippen molar-refractivity contribution in [1.82, 2.24) is 0 Å². The second kappa shape index (κ2) is 12.0. The van der Waals surface area contributed by atoms with Gasteiger partial charge >= 0.3 is 11.9 Å². The second-order valence-corrected chi connectivity index (χ2v) is 3.77. The van der Waals surface area contributed by atoms with Crippen LogP contribution in [0.2, 0.25) is 0 Å². The van der Waals surface area contributed by atoms with Gasteiger partial charge in [0.2, 0.25) is 0 Å². The molecule has 0 saturated carbocycles. The number of unbranched alkanes of at least 4 members (excludes halogenated alkanes) is 1. The number of carbonyl (C=O) groups excluding carboxylic acids is 1. The number of aliphatic carboxylic acids is 1. The normalized spacial score (nSPS) is 11.0. The molecule has 0 rings (SSSR count). The zero-order valence-electron chi connectivity index (χ0n) is 10.8. The molecule has 0 spiro atoms. The molecule has 0 aliphatic heterocycles. The standard InChI is InChI=1S/C8H16O2.C4H8O2/c1-3-4-5-7(2)6-8(9)10;1-3-6-4(2)5/h7H,3-6H2,1-2H3,(H,9,10);3H2,1-2H3. The molecule has 0 fully saturated rings. The van der Waals surface area contributed by atoms with Crippen molar-refractivity contribution in [2.24, 2.45) is 5.92 Å². The van der Waals surface area contributed by atoms with Crippen LogP contribution in [0.25, 0.3) is 0 Å². The molecule has 0 aliphatic rings. The summed E-state index contributed by atoms with van der Waals surface area (Å²) in [5, 5.41) is 8.38. The average molecular weight is 232 g/mol. The van der Waals surface area contributed by atoms with Crippen molar-refractivity contribution in [2.45, 2.75) is 53.4 Å². The summed E-state index contributed by atoms with van der Waals surface area (Å²) in [4.78, 5) is 20.0. The Hall–Kier alpha value is -1.06. The Labute approximate surface area is 98.0 Å². The van der Waals surface area contributed by atoms with E-state index >= 15 is 0 Å². The van der Waals surface area contributed by atoms with Crippen molar-refractivity contribution in [1.29, 1.82) is 0 Å². The van der Waals surface area contributed by atoms with Crippen molar-refractivity contribution < 1.29 is 19.4 Å². The molecule has 4 nitrogen and oxygen atoms in total. The second-order valence-electron chi connectivity index (χ2n) is 3.77. The van der Waals surface area contributed by atoms with E-state index in [1.54, 1.807) is 6.92 Å². The first-order valence-electron chi connectivity index (χ1n) is 5.79. The summed E-state index contributed by atoms with van der Waals surface area (Å²) >= 11 is 0. The van der Waals surface area contributed by atoms with E-state index in [1.165, 1.54) is 6.92 Å². The van der Waals surface area contributed by atoms with Gasteiger partial charge in [-0.25, -0.2) is 0 Å². The first kappa shape index (κ1) is 17.3. The van der Waals surface area contributed by atoms with Crippen LogP contribution in [-0.4, -0.2) is 23.7 Å². The molecule has 1 atom stereocenters. The molecule has 0 radical (unpaired) electrons. The number of carboxylic acid groups (broad SMARTS) is 1. The van der Waals surface area contributed by atoms with Crippen LogP contribution in [0.5, 0.6) is 0 Å². The van der Waals surface area contributed by atoms with E-state index in [-0.39, 0.29) is 5.97 Å². The Balaban J connectivity index is 0. The zero-order valence-corrected chi connectivity index (χ0v) is 10.8. The van der Waals surface area contributed by atoms with Crippen molar-refractivity contribution in [3.8, 4) is 0 Å². The van der Waals surface area contributed by atoms with Crippen LogP contribution in [0.4, 0.5) is 0 Å². The highest BCUT2D eigenvalue weighted by atomic mass is 16.5. The summed E-state index contributed by atoms with van der Waals surface area (Å²) in [6.45, 7) is 7.76. The summed E-state index contributed by atoms with van der Waals surface area (Å²) in [7, 11) is 0. The first-order valence-corrected chi connectivity index (χ1v) is 5.79. The number of hydrogen-bond donors (Lipinski definition) is 1. The van der Waals surface area contributed by atoms with Crippen LogP contribution in [-0.2, 0) is 14.3 Å². The smallest absolute Gasteiger partial charge is 0.303 e. The predicted molar refractivity (Wildman–Crippen MR) is 63.2 cm³/mol. The molecule has 0 amide bonds. The molecule has 0 aromatic carbocycles. The molecular formula is C12H24O4. The molecule has 0 aromatic heterocycles. The average Bonchev–Trinajstić information content (AvgIpc) is 2.14. The Kier molecular flexibility index (Phi) is 13.0. The van der Waals surface area contributed by atoms with Gasteiger partial charge in [-0.05, 0) is 12.8 Å². The predicted octanol–water partition coefficient (Wildman–Crippen LogP) is 2.86. The van der Waals surface area contributed by atoms with Gasteiger partial charge in [0.15, 0.2) is 0 Å². The van der Waals surface area contributed by atoms with E-state index in [0.29, 0.717) is 18.9 Å². The number of carbonyl (C=O) groups is 2. The lowest BCUT2D eigenvalue weighted by molar-refractivity contribution is -0.140. The van der Waals surface area contributed by atoms with Crippen LogP contribution in [0.1, 0.15) is 53.4 Å². The maximum Gasteiger partial charge on any atom is 0.303 e. The fraction of sp³-hybridized carbons (Fsp3) is 0.833. The third-order valence-electron chi connectivity index (χ3n) is 1.92. The summed E-state index contributed by atoms with van der Waals surface area (Å²) < 4.78 is 4.40. The Morgan fingerprint density at radius 2 is 1.88 bits per heavy atom. The van der Waals surface area contributed by atoms with Gasteiger partial charge in [-0.3, -0.25) is 9.59 Å². The minimum absolute atomic E-state index is 0.211. The molecule has 0 heterocycles. The Bertz CT molecular complexity index is 189. The number of rotatable bonds is 6. The lowest BCUT2D eigenvalue weighted by Gasteiger charge is -2.05. The van der Waals surface area contributed by atoms with Gasteiger partial charge < -0.3 is 9.84 Å². The van der Waals surface area contributed by atoms with Gasteiger partial charge in [0.1, 0.15) is 0 Å². The minimum atomic E-state index is -0.677. The van der Waals surface area contributed by atoms with Crippen LogP contribution in [0.15, 0.2) is 0 Å². The highest BCUT2D eigenvalue weighted by molar-refractivity contribution is 5.66. The van der Waals surface area contributed by atoms with Crippen LogP contribution in [0, 0.1) is 5.92 Å². The molecule has 0 bridgehead atoms. The quantitative estimate of drug-likeness (QED) is 0.715. The van der Waals surface area contributed by atoms with E-state index in [2.05, 4.69) is 11.7 Å². The summed E-state index contributed by atoms with van der Waals surface area (Å²) in [6.07, 6.45) is 3.67. The number of esters is 1. The number of carboxylic acids is 1. The minimum Gasteiger partial charge on any atom is -0.481 e. The highest BCUT2D eigenvalue weighted by Crippen LogP contribution is 2.10. The fourth-order valence-corrected chi connectivity index (χ4v) is 1.16. The van der Waals surface area contributed by atoms with Crippen LogP contribution >= 0.6 is 0 Å². The maximum atomic E-state index is 10.2. The number of ether oxygens (including phenoxy) is 1. The fourth-order valence-electron chi connectivity index (χ4n) is 1.16. The lowest BCUT2D eigenvalue weighted by Crippen LogP contribution is -2.03. The van der Waals surface area contributed by atoms with Crippen molar-refractivity contribution in [3.05, 3.63) is 0 Å². The Morgan fingerprint density at radius 3 is 2.12 bits per heavy atom.